The number of urea groups is 1. The SMILES string of the molecule is CC(O)(C(F)F)[C@H](NC(=O)c1ccc(C#CC#Cc2ccc(CNC(N)=O)cc2)cc1)C(=O)NO. The third-order valence-corrected chi connectivity index (χ3v) is 4.72. The molecular weight excluding hydrogens is 462 g/mol. The van der Waals surface area contributed by atoms with Crippen LogP contribution in [-0.4, -0.2) is 46.2 Å². The molecule has 0 bridgehead atoms. The summed E-state index contributed by atoms with van der Waals surface area (Å²) >= 11 is 0. The van der Waals surface area contributed by atoms with Crippen molar-refractivity contribution in [3.63, 3.8) is 0 Å². The fourth-order valence-corrected chi connectivity index (χ4v) is 2.69. The second-order valence-corrected chi connectivity index (χ2v) is 7.40. The summed E-state index contributed by atoms with van der Waals surface area (Å²) in [5.41, 5.74) is 5.31. The number of amides is 4. The van der Waals surface area contributed by atoms with Crippen molar-refractivity contribution in [3.05, 3.63) is 70.8 Å². The van der Waals surface area contributed by atoms with Gasteiger partial charge in [0.15, 0.2) is 5.60 Å². The van der Waals surface area contributed by atoms with Gasteiger partial charge in [-0.25, -0.2) is 19.1 Å². The van der Waals surface area contributed by atoms with Gasteiger partial charge in [-0.2, -0.15) is 0 Å². The smallest absolute Gasteiger partial charge is 0.312 e. The number of primary amides is 1. The maximum Gasteiger partial charge on any atom is 0.312 e. The van der Waals surface area contributed by atoms with Crippen molar-refractivity contribution < 1.29 is 33.5 Å². The highest BCUT2D eigenvalue weighted by atomic mass is 19.3. The van der Waals surface area contributed by atoms with E-state index in [4.69, 9.17) is 10.9 Å². The van der Waals surface area contributed by atoms with E-state index in [1.54, 1.807) is 24.3 Å². The Labute approximate surface area is 199 Å². The molecule has 0 heterocycles. The van der Waals surface area contributed by atoms with Crippen molar-refractivity contribution in [2.24, 2.45) is 5.73 Å². The first-order valence-corrected chi connectivity index (χ1v) is 10.0. The number of carbonyl (C=O) groups excluding carboxylic acids is 3. The van der Waals surface area contributed by atoms with Crippen LogP contribution in [0.5, 0.6) is 0 Å². The molecule has 0 saturated heterocycles. The van der Waals surface area contributed by atoms with E-state index in [0.717, 1.165) is 11.0 Å². The average molecular weight is 484 g/mol. The number of hydrogen-bond donors (Lipinski definition) is 6. The topological polar surface area (TPSA) is 154 Å². The van der Waals surface area contributed by atoms with Crippen molar-refractivity contribution in [1.82, 2.24) is 16.1 Å². The number of alkyl halides is 2. The molecule has 1 unspecified atom stereocenters. The molecule has 7 N–H and O–H groups in total. The van der Waals surface area contributed by atoms with Crippen molar-refractivity contribution >= 4 is 17.8 Å². The van der Waals surface area contributed by atoms with E-state index >= 15 is 0 Å². The second kappa shape index (κ2) is 12.1. The lowest BCUT2D eigenvalue weighted by molar-refractivity contribution is -0.149. The third kappa shape index (κ3) is 7.82. The Morgan fingerprint density at radius 2 is 1.51 bits per heavy atom. The van der Waals surface area contributed by atoms with Crippen molar-refractivity contribution in [3.8, 4) is 23.7 Å². The van der Waals surface area contributed by atoms with Gasteiger partial charge in [-0.15, -0.1) is 0 Å². The molecule has 9 nitrogen and oxygen atoms in total. The van der Waals surface area contributed by atoms with Gasteiger partial charge in [0, 0.05) is 23.2 Å². The second-order valence-electron chi connectivity index (χ2n) is 7.40. The molecule has 0 aliphatic carbocycles. The Morgan fingerprint density at radius 1 is 1.00 bits per heavy atom. The van der Waals surface area contributed by atoms with E-state index in [1.165, 1.54) is 24.3 Å². The maximum absolute atomic E-state index is 13.1. The summed E-state index contributed by atoms with van der Waals surface area (Å²) < 4.78 is 26.2. The van der Waals surface area contributed by atoms with Gasteiger partial charge in [0.05, 0.1) is 0 Å². The molecule has 11 heteroatoms. The molecule has 0 spiro atoms. The molecule has 0 aliphatic rings. The van der Waals surface area contributed by atoms with Crippen LogP contribution in [0.3, 0.4) is 0 Å². The summed E-state index contributed by atoms with van der Waals surface area (Å²) in [6.07, 6.45) is -3.37. The van der Waals surface area contributed by atoms with Crippen LogP contribution in [0.15, 0.2) is 48.5 Å². The number of hydroxylamine groups is 1. The van der Waals surface area contributed by atoms with Gasteiger partial charge < -0.3 is 21.5 Å². The fourth-order valence-electron chi connectivity index (χ4n) is 2.69. The molecule has 0 radical (unpaired) electrons. The van der Waals surface area contributed by atoms with E-state index in [-0.39, 0.29) is 5.56 Å². The summed E-state index contributed by atoms with van der Waals surface area (Å²) in [6.45, 7) is 0.963. The van der Waals surface area contributed by atoms with Crippen LogP contribution in [0.25, 0.3) is 0 Å². The summed E-state index contributed by atoms with van der Waals surface area (Å²) in [5, 5.41) is 23.1. The van der Waals surface area contributed by atoms with Crippen LogP contribution in [0.1, 0.15) is 34.0 Å². The van der Waals surface area contributed by atoms with Crippen LogP contribution >= 0.6 is 0 Å². The number of rotatable bonds is 7. The zero-order valence-electron chi connectivity index (χ0n) is 18.4. The average Bonchev–Trinajstić information content (AvgIpc) is 2.84. The molecule has 2 aromatic carbocycles. The first-order valence-electron chi connectivity index (χ1n) is 10.0. The van der Waals surface area contributed by atoms with Gasteiger partial charge in [-0.1, -0.05) is 24.0 Å². The minimum Gasteiger partial charge on any atom is -0.381 e. The number of nitrogens with two attached hydrogens (primary N) is 1. The van der Waals surface area contributed by atoms with Crippen LogP contribution in [0.4, 0.5) is 13.6 Å². The van der Waals surface area contributed by atoms with Gasteiger partial charge in [0.2, 0.25) is 0 Å². The highest BCUT2D eigenvalue weighted by Gasteiger charge is 2.46. The Kier molecular flexibility index (Phi) is 9.29. The molecule has 4 amide bonds. The Hall–Kier alpha value is -4.45. The standard InChI is InChI=1S/C24H22F2N4O5/c1-24(34,22(25)26)19(21(32)30-35)29-20(31)18-12-10-16(11-13-18)5-3-2-4-15-6-8-17(9-7-15)14-28-23(27)33/h6-13,19,22,34-35H,14H2,1H3,(H,29,31)(H,30,32)(H3,27,28,33)/t19-,24?/m1/s1. The molecule has 2 atom stereocenters. The van der Waals surface area contributed by atoms with Gasteiger partial charge >= 0.3 is 6.03 Å². The molecule has 182 valence electrons. The fraction of sp³-hybridized carbons (Fsp3) is 0.208. The van der Waals surface area contributed by atoms with Gasteiger partial charge in [-0.05, 0) is 60.7 Å². The number of hydrogen-bond acceptors (Lipinski definition) is 5. The number of carbonyl (C=O) groups is 3. The molecule has 0 aromatic heterocycles. The predicted octanol–water partition coefficient (Wildman–Crippen LogP) is 0.878. The summed E-state index contributed by atoms with van der Waals surface area (Å²) in [5.74, 6) is 8.65. The van der Waals surface area contributed by atoms with Crippen LogP contribution in [-0.2, 0) is 11.3 Å². The Bertz CT molecular complexity index is 1190. The molecule has 2 aromatic rings. The number of aliphatic hydroxyl groups is 1. The lowest BCUT2D eigenvalue weighted by Crippen LogP contribution is -2.61. The monoisotopic (exact) mass is 484 g/mol. The van der Waals surface area contributed by atoms with Crippen molar-refractivity contribution in [1.29, 1.82) is 0 Å². The molecule has 35 heavy (non-hydrogen) atoms. The largest absolute Gasteiger partial charge is 0.381 e. The van der Waals surface area contributed by atoms with E-state index in [9.17, 15) is 28.3 Å². The van der Waals surface area contributed by atoms with E-state index in [1.807, 2.05) is 5.32 Å². The zero-order valence-corrected chi connectivity index (χ0v) is 18.4. The van der Waals surface area contributed by atoms with Crippen molar-refractivity contribution in [2.45, 2.75) is 31.5 Å². The first-order chi connectivity index (χ1) is 16.5. The zero-order chi connectivity index (χ0) is 26.0. The van der Waals surface area contributed by atoms with Crippen LogP contribution in [0, 0.1) is 23.7 Å². The number of nitrogens with one attached hydrogen (secondary N) is 3. The highest BCUT2D eigenvalue weighted by Crippen LogP contribution is 2.20. The van der Waals surface area contributed by atoms with Gasteiger partial charge in [-0.3, -0.25) is 14.8 Å². The molecule has 0 fully saturated rings. The predicted molar refractivity (Wildman–Crippen MR) is 121 cm³/mol. The lowest BCUT2D eigenvalue weighted by Gasteiger charge is -2.30. The quantitative estimate of drug-likeness (QED) is 0.196. The van der Waals surface area contributed by atoms with E-state index < -0.39 is 35.9 Å². The van der Waals surface area contributed by atoms with Crippen LogP contribution < -0.4 is 21.8 Å². The summed E-state index contributed by atoms with van der Waals surface area (Å²) in [4.78, 5) is 34.8. The van der Waals surface area contributed by atoms with Gasteiger partial charge in [0.1, 0.15) is 6.04 Å². The van der Waals surface area contributed by atoms with Crippen LogP contribution in [0.2, 0.25) is 0 Å². The number of benzene rings is 2. The number of halogens is 2. The normalized spacial score (nSPS) is 12.6. The molecule has 0 aliphatic heterocycles. The van der Waals surface area contributed by atoms with E-state index in [0.29, 0.717) is 24.6 Å². The van der Waals surface area contributed by atoms with Gasteiger partial charge in [0.25, 0.3) is 18.2 Å². The Morgan fingerprint density at radius 3 is 1.97 bits per heavy atom. The Balaban J connectivity index is 2.04. The lowest BCUT2D eigenvalue weighted by atomic mass is 9.95. The summed E-state index contributed by atoms with van der Waals surface area (Å²) in [6, 6.07) is 10.0. The van der Waals surface area contributed by atoms with Crippen molar-refractivity contribution in [2.75, 3.05) is 0 Å². The maximum atomic E-state index is 13.1. The minimum absolute atomic E-state index is 0.00774. The minimum atomic E-state index is -3.37. The molecule has 2 rings (SSSR count). The molecule has 0 saturated carbocycles. The van der Waals surface area contributed by atoms with E-state index in [2.05, 4.69) is 29.0 Å². The third-order valence-electron chi connectivity index (χ3n) is 4.72. The summed E-state index contributed by atoms with van der Waals surface area (Å²) in [7, 11) is 0. The first kappa shape index (κ1) is 26.8. The highest BCUT2D eigenvalue weighted by molar-refractivity contribution is 5.97. The molecular formula is C24H22F2N4O5.